The van der Waals surface area contributed by atoms with E-state index in [1.54, 1.807) is 4.57 Å². The van der Waals surface area contributed by atoms with Crippen LogP contribution in [0.1, 0.15) is 25.3 Å². The molecule has 1 heterocycles. The van der Waals surface area contributed by atoms with Gasteiger partial charge in [0.2, 0.25) is 0 Å². The van der Waals surface area contributed by atoms with Crippen molar-refractivity contribution >= 4 is 22.6 Å². The van der Waals surface area contributed by atoms with Crippen molar-refractivity contribution in [3.63, 3.8) is 0 Å². The van der Waals surface area contributed by atoms with Gasteiger partial charge in [0.05, 0.1) is 5.52 Å². The number of amides is 1. The highest BCUT2D eigenvalue weighted by Gasteiger charge is 2.17. The highest BCUT2D eigenvalue weighted by Crippen LogP contribution is 2.35. The zero-order chi connectivity index (χ0) is 22.8. The van der Waals surface area contributed by atoms with Crippen molar-refractivity contribution in [2.24, 2.45) is 0 Å². The average molecular weight is 431 g/mol. The average Bonchev–Trinajstić information content (AvgIpc) is 3.25. The van der Waals surface area contributed by atoms with Gasteiger partial charge in [-0.05, 0) is 46.4 Å². The summed E-state index contributed by atoms with van der Waals surface area (Å²) in [6, 6.07) is 34.5. The van der Waals surface area contributed by atoms with Gasteiger partial charge in [-0.25, -0.2) is 4.79 Å². The molecule has 3 nitrogen and oxygen atoms in total. The molecule has 0 atom stereocenters. The van der Waals surface area contributed by atoms with Crippen molar-refractivity contribution in [1.82, 2.24) is 4.57 Å². The third-order valence-corrected chi connectivity index (χ3v) is 6.05. The molecule has 1 N–H and O–H groups in total. The van der Waals surface area contributed by atoms with Gasteiger partial charge < -0.3 is 5.32 Å². The molecule has 162 valence electrons. The second-order valence-electron chi connectivity index (χ2n) is 8.55. The maximum Gasteiger partial charge on any atom is 0.330 e. The minimum Gasteiger partial charge on any atom is -0.307 e. The summed E-state index contributed by atoms with van der Waals surface area (Å²) in [5, 5.41) is 4.12. The first kappa shape index (κ1) is 20.8. The Balaban J connectivity index is 1.49. The predicted molar refractivity (Wildman–Crippen MR) is 138 cm³/mol. The minimum absolute atomic E-state index is 0.174. The number of fused-ring (bicyclic) bond motifs is 1. The number of carbonyl (C=O) groups excluding carboxylic acids is 1. The molecule has 0 aliphatic rings. The van der Waals surface area contributed by atoms with Crippen LogP contribution in [-0.2, 0) is 0 Å². The number of carbonyl (C=O) groups is 1. The third kappa shape index (κ3) is 4.06. The number of hydrogen-bond acceptors (Lipinski definition) is 1. The van der Waals surface area contributed by atoms with E-state index in [2.05, 4.69) is 61.6 Å². The standard InChI is InChI=1S/C30H26N2O/c1-21(2)25-12-6-7-13-26(25)28-20-32(29-15-9-8-14-27(28)29)30(33)31-24-18-16-23(17-19-24)22-10-4-3-5-11-22/h3-21H,1-2H3,(H,31,33). The quantitative estimate of drug-likeness (QED) is 0.306. The smallest absolute Gasteiger partial charge is 0.307 e. The fourth-order valence-corrected chi connectivity index (χ4v) is 4.37. The van der Waals surface area contributed by atoms with Crippen LogP contribution in [0.5, 0.6) is 0 Å². The topological polar surface area (TPSA) is 34.0 Å². The molecule has 33 heavy (non-hydrogen) atoms. The minimum atomic E-state index is -0.174. The molecule has 0 aliphatic carbocycles. The van der Waals surface area contributed by atoms with Crippen LogP contribution in [-0.4, -0.2) is 10.6 Å². The molecule has 4 aromatic carbocycles. The SMILES string of the molecule is CC(C)c1ccccc1-c1cn(C(=O)Nc2ccc(-c3ccccc3)cc2)c2ccccc12. The largest absolute Gasteiger partial charge is 0.330 e. The maximum atomic E-state index is 13.3. The summed E-state index contributed by atoms with van der Waals surface area (Å²) in [5.74, 6) is 0.389. The summed E-state index contributed by atoms with van der Waals surface area (Å²) in [5.41, 5.74) is 7.45. The lowest BCUT2D eigenvalue weighted by molar-refractivity contribution is 0.254. The van der Waals surface area contributed by atoms with Crippen molar-refractivity contribution in [3.8, 4) is 22.3 Å². The fraction of sp³-hybridized carbons (Fsp3) is 0.100. The first-order valence-electron chi connectivity index (χ1n) is 11.3. The molecular formula is C30H26N2O. The lowest BCUT2D eigenvalue weighted by Gasteiger charge is -2.12. The van der Waals surface area contributed by atoms with E-state index in [1.165, 1.54) is 11.1 Å². The first-order chi connectivity index (χ1) is 16.1. The molecule has 0 spiro atoms. The number of nitrogens with zero attached hydrogens (tertiary/aromatic N) is 1. The molecule has 0 fully saturated rings. The number of aromatic nitrogens is 1. The summed E-state index contributed by atoms with van der Waals surface area (Å²) in [7, 11) is 0. The van der Waals surface area contributed by atoms with Crippen LogP contribution in [0.25, 0.3) is 33.2 Å². The van der Waals surface area contributed by atoms with Gasteiger partial charge in [-0.2, -0.15) is 0 Å². The van der Waals surface area contributed by atoms with Crippen LogP contribution < -0.4 is 5.32 Å². The van der Waals surface area contributed by atoms with Gasteiger partial charge in [-0.1, -0.05) is 98.8 Å². The van der Waals surface area contributed by atoms with E-state index in [0.717, 1.165) is 33.3 Å². The molecule has 3 heteroatoms. The van der Waals surface area contributed by atoms with Crippen LogP contribution in [0, 0.1) is 0 Å². The Labute approximate surface area is 194 Å². The zero-order valence-corrected chi connectivity index (χ0v) is 18.8. The van der Waals surface area contributed by atoms with Crippen molar-refractivity contribution in [1.29, 1.82) is 0 Å². The molecule has 1 aromatic heterocycles. The van der Waals surface area contributed by atoms with E-state index in [0.29, 0.717) is 5.92 Å². The van der Waals surface area contributed by atoms with E-state index in [4.69, 9.17) is 0 Å². The Bertz CT molecular complexity index is 1410. The van der Waals surface area contributed by atoms with Gasteiger partial charge >= 0.3 is 6.03 Å². The Morgan fingerprint density at radius 1 is 0.697 bits per heavy atom. The van der Waals surface area contributed by atoms with Crippen LogP contribution in [0.4, 0.5) is 10.5 Å². The molecule has 5 aromatic rings. The van der Waals surface area contributed by atoms with Crippen LogP contribution in [0.2, 0.25) is 0 Å². The number of anilines is 1. The van der Waals surface area contributed by atoms with Crippen molar-refractivity contribution in [2.75, 3.05) is 5.32 Å². The number of hydrogen-bond donors (Lipinski definition) is 1. The predicted octanol–water partition coefficient (Wildman–Crippen LogP) is 8.18. The van der Waals surface area contributed by atoms with Gasteiger partial charge in [0.1, 0.15) is 0 Å². The molecule has 0 aliphatic heterocycles. The Morgan fingerprint density at radius 3 is 2.09 bits per heavy atom. The second-order valence-corrected chi connectivity index (χ2v) is 8.55. The fourth-order valence-electron chi connectivity index (χ4n) is 4.37. The molecule has 0 saturated carbocycles. The van der Waals surface area contributed by atoms with Gasteiger partial charge in [-0.3, -0.25) is 4.57 Å². The zero-order valence-electron chi connectivity index (χ0n) is 18.8. The maximum absolute atomic E-state index is 13.3. The Kier molecular flexibility index (Phi) is 5.54. The van der Waals surface area contributed by atoms with Crippen molar-refractivity contribution in [3.05, 3.63) is 115 Å². The van der Waals surface area contributed by atoms with E-state index in [9.17, 15) is 4.79 Å². The second kappa shape index (κ2) is 8.79. The van der Waals surface area contributed by atoms with Gasteiger partial charge in [0, 0.05) is 22.8 Å². The summed E-state index contributed by atoms with van der Waals surface area (Å²) in [6.07, 6.45) is 1.96. The van der Waals surface area contributed by atoms with Crippen molar-refractivity contribution < 1.29 is 4.79 Å². The highest BCUT2D eigenvalue weighted by atomic mass is 16.2. The highest BCUT2D eigenvalue weighted by molar-refractivity contribution is 6.05. The Morgan fingerprint density at radius 2 is 1.33 bits per heavy atom. The Hall–Kier alpha value is -4.11. The van der Waals surface area contributed by atoms with Gasteiger partial charge in [0.25, 0.3) is 0 Å². The molecule has 1 amide bonds. The van der Waals surface area contributed by atoms with E-state index in [-0.39, 0.29) is 6.03 Å². The van der Waals surface area contributed by atoms with Crippen LogP contribution >= 0.6 is 0 Å². The summed E-state index contributed by atoms with van der Waals surface area (Å²) in [6.45, 7) is 4.40. The van der Waals surface area contributed by atoms with Gasteiger partial charge in [-0.15, -0.1) is 0 Å². The van der Waals surface area contributed by atoms with Crippen molar-refractivity contribution in [2.45, 2.75) is 19.8 Å². The van der Waals surface area contributed by atoms with E-state index < -0.39 is 0 Å². The summed E-state index contributed by atoms with van der Waals surface area (Å²) >= 11 is 0. The van der Waals surface area contributed by atoms with E-state index in [1.807, 2.05) is 66.9 Å². The lowest BCUT2D eigenvalue weighted by atomic mass is 9.92. The molecule has 0 bridgehead atoms. The molecular weight excluding hydrogens is 404 g/mol. The summed E-state index contributed by atoms with van der Waals surface area (Å²) in [4.78, 5) is 13.3. The van der Waals surface area contributed by atoms with Gasteiger partial charge in [0.15, 0.2) is 0 Å². The molecule has 5 rings (SSSR count). The monoisotopic (exact) mass is 430 g/mol. The van der Waals surface area contributed by atoms with E-state index >= 15 is 0 Å². The van der Waals surface area contributed by atoms with Crippen LogP contribution in [0.15, 0.2) is 109 Å². The lowest BCUT2D eigenvalue weighted by Crippen LogP contribution is -2.18. The first-order valence-corrected chi connectivity index (χ1v) is 11.3. The number of rotatable bonds is 4. The number of para-hydroxylation sites is 1. The number of benzene rings is 4. The molecule has 0 radical (unpaired) electrons. The normalized spacial score (nSPS) is 11.1. The molecule has 0 unspecified atom stereocenters. The molecule has 0 saturated heterocycles. The third-order valence-electron chi connectivity index (χ3n) is 6.05. The number of nitrogens with one attached hydrogen (secondary N) is 1. The van der Waals surface area contributed by atoms with Crippen LogP contribution in [0.3, 0.4) is 0 Å². The summed E-state index contributed by atoms with van der Waals surface area (Å²) < 4.78 is 1.72.